The molecule has 0 aromatic carbocycles. The predicted molar refractivity (Wildman–Crippen MR) is 64.9 cm³/mol. The Balaban J connectivity index is 1.58. The Hall–Kier alpha value is -1.69. The monoisotopic (exact) mass is 247 g/mol. The third-order valence-corrected chi connectivity index (χ3v) is 2.97. The van der Waals surface area contributed by atoms with Gasteiger partial charge < -0.3 is 14.4 Å². The predicted octanol–water partition coefficient (Wildman–Crippen LogP) is 1.13. The first-order valence-electron chi connectivity index (χ1n) is 6.39. The summed E-state index contributed by atoms with van der Waals surface area (Å²) in [4.78, 5) is 8.63. The van der Waals surface area contributed by atoms with Crippen molar-refractivity contribution in [2.75, 3.05) is 0 Å². The molecule has 18 heavy (non-hydrogen) atoms. The number of rotatable bonds is 6. The van der Waals surface area contributed by atoms with Gasteiger partial charge in [-0.05, 0) is 12.8 Å². The molecule has 2 aromatic rings. The summed E-state index contributed by atoms with van der Waals surface area (Å²) in [6.45, 7) is 3.44. The van der Waals surface area contributed by atoms with Crippen LogP contribution in [0, 0.1) is 0 Å². The molecular weight excluding hydrogens is 230 g/mol. The van der Waals surface area contributed by atoms with Crippen molar-refractivity contribution in [1.29, 1.82) is 0 Å². The summed E-state index contributed by atoms with van der Waals surface area (Å²) in [7, 11) is 0. The maximum Gasteiger partial charge on any atom is 0.226 e. The van der Waals surface area contributed by atoms with E-state index in [9.17, 15) is 0 Å². The van der Waals surface area contributed by atoms with Crippen molar-refractivity contribution in [1.82, 2.24) is 25.0 Å². The van der Waals surface area contributed by atoms with Gasteiger partial charge in [-0.1, -0.05) is 12.1 Å². The van der Waals surface area contributed by atoms with E-state index in [1.165, 1.54) is 12.8 Å². The lowest BCUT2D eigenvalue weighted by Crippen LogP contribution is -2.15. The van der Waals surface area contributed by atoms with Gasteiger partial charge in [0.05, 0.1) is 18.6 Å². The topological polar surface area (TPSA) is 68.8 Å². The van der Waals surface area contributed by atoms with Gasteiger partial charge in [-0.15, -0.1) is 0 Å². The van der Waals surface area contributed by atoms with E-state index < -0.39 is 0 Å². The van der Waals surface area contributed by atoms with E-state index in [-0.39, 0.29) is 0 Å². The van der Waals surface area contributed by atoms with E-state index >= 15 is 0 Å². The molecule has 3 rings (SSSR count). The number of hydrogen-bond donors (Lipinski definition) is 1. The second kappa shape index (κ2) is 4.89. The quantitative estimate of drug-likeness (QED) is 0.828. The minimum Gasteiger partial charge on any atom is -0.339 e. The van der Waals surface area contributed by atoms with E-state index in [0.29, 0.717) is 24.3 Å². The Morgan fingerprint density at radius 2 is 2.39 bits per heavy atom. The Bertz CT molecular complexity index is 514. The first-order chi connectivity index (χ1) is 8.83. The van der Waals surface area contributed by atoms with E-state index in [1.807, 2.05) is 24.0 Å². The van der Waals surface area contributed by atoms with Crippen LogP contribution in [0.1, 0.15) is 37.2 Å². The highest BCUT2D eigenvalue weighted by Crippen LogP contribution is 2.18. The number of imidazole rings is 1. The molecular formula is C12H17N5O. The molecule has 1 fully saturated rings. The molecule has 0 aliphatic heterocycles. The molecule has 0 saturated heterocycles. The molecule has 1 saturated carbocycles. The van der Waals surface area contributed by atoms with E-state index in [2.05, 4.69) is 20.4 Å². The fraction of sp³-hybridized carbons (Fsp3) is 0.583. The lowest BCUT2D eigenvalue weighted by molar-refractivity contribution is 0.375. The number of aromatic nitrogens is 4. The van der Waals surface area contributed by atoms with Crippen LogP contribution in [0.15, 0.2) is 17.0 Å². The average molecular weight is 247 g/mol. The molecule has 1 N–H and O–H groups in total. The molecule has 6 nitrogen and oxygen atoms in total. The maximum absolute atomic E-state index is 5.07. The number of hydrogen-bond acceptors (Lipinski definition) is 5. The van der Waals surface area contributed by atoms with Gasteiger partial charge in [0.1, 0.15) is 0 Å². The SMILES string of the molecule is CCc1nc(Cn2cnc(CNC3CC3)c2)no1. The van der Waals surface area contributed by atoms with Gasteiger partial charge >= 0.3 is 0 Å². The minimum absolute atomic E-state index is 0.611. The summed E-state index contributed by atoms with van der Waals surface area (Å²) in [5.74, 6) is 1.38. The van der Waals surface area contributed by atoms with Gasteiger partial charge in [0.2, 0.25) is 5.89 Å². The summed E-state index contributed by atoms with van der Waals surface area (Å²) in [5.41, 5.74) is 1.06. The van der Waals surface area contributed by atoms with Gasteiger partial charge in [-0.25, -0.2) is 4.98 Å². The zero-order chi connectivity index (χ0) is 12.4. The van der Waals surface area contributed by atoms with Crippen LogP contribution in [0.3, 0.4) is 0 Å². The standard InChI is InChI=1S/C12H17N5O/c1-2-12-15-11(16-18-12)7-17-6-10(14-8-17)5-13-9-3-4-9/h6,8-9,13H,2-5,7H2,1H3. The lowest BCUT2D eigenvalue weighted by Gasteiger charge is -1.98. The molecule has 2 heterocycles. The number of nitrogens with zero attached hydrogens (tertiary/aromatic N) is 4. The summed E-state index contributed by atoms with van der Waals surface area (Å²) in [5, 5.41) is 7.36. The van der Waals surface area contributed by atoms with E-state index in [4.69, 9.17) is 4.52 Å². The molecule has 6 heteroatoms. The molecule has 1 aliphatic carbocycles. The fourth-order valence-electron chi connectivity index (χ4n) is 1.78. The van der Waals surface area contributed by atoms with Crippen LogP contribution in [-0.4, -0.2) is 25.7 Å². The fourth-order valence-corrected chi connectivity index (χ4v) is 1.78. The van der Waals surface area contributed by atoms with Gasteiger partial charge in [0.15, 0.2) is 5.82 Å². The molecule has 0 atom stereocenters. The molecule has 0 radical (unpaired) electrons. The van der Waals surface area contributed by atoms with Crippen molar-refractivity contribution in [2.45, 2.75) is 45.3 Å². The molecule has 0 spiro atoms. The Labute approximate surface area is 105 Å². The van der Waals surface area contributed by atoms with Crippen LogP contribution in [0.25, 0.3) is 0 Å². The highest BCUT2D eigenvalue weighted by molar-refractivity contribution is 5.00. The third-order valence-electron chi connectivity index (χ3n) is 2.97. The van der Waals surface area contributed by atoms with Gasteiger partial charge in [-0.3, -0.25) is 0 Å². The van der Waals surface area contributed by atoms with E-state index in [0.717, 1.165) is 18.7 Å². The Morgan fingerprint density at radius 3 is 3.11 bits per heavy atom. The second-order valence-electron chi connectivity index (χ2n) is 4.65. The normalized spacial score (nSPS) is 15.2. The van der Waals surface area contributed by atoms with Crippen LogP contribution < -0.4 is 5.32 Å². The highest BCUT2D eigenvalue weighted by atomic mass is 16.5. The van der Waals surface area contributed by atoms with Crippen molar-refractivity contribution in [3.05, 3.63) is 29.9 Å². The first-order valence-corrected chi connectivity index (χ1v) is 6.39. The molecule has 2 aromatic heterocycles. The summed E-state index contributed by atoms with van der Waals surface area (Å²) in [6.07, 6.45) is 7.20. The van der Waals surface area contributed by atoms with Crippen LogP contribution in [0.4, 0.5) is 0 Å². The summed E-state index contributed by atoms with van der Waals surface area (Å²) < 4.78 is 7.05. The largest absolute Gasteiger partial charge is 0.339 e. The maximum atomic E-state index is 5.07. The smallest absolute Gasteiger partial charge is 0.226 e. The van der Waals surface area contributed by atoms with Crippen molar-refractivity contribution in [3.8, 4) is 0 Å². The first kappa shape index (κ1) is 11.4. The average Bonchev–Trinajstić information content (AvgIpc) is 2.93. The Kier molecular flexibility index (Phi) is 3.10. The second-order valence-corrected chi connectivity index (χ2v) is 4.65. The van der Waals surface area contributed by atoms with Gasteiger partial charge in [0.25, 0.3) is 0 Å². The van der Waals surface area contributed by atoms with Crippen LogP contribution in [0.5, 0.6) is 0 Å². The van der Waals surface area contributed by atoms with Gasteiger partial charge in [0, 0.05) is 25.2 Å². The summed E-state index contributed by atoms with van der Waals surface area (Å²) in [6, 6.07) is 0.708. The van der Waals surface area contributed by atoms with Gasteiger partial charge in [-0.2, -0.15) is 4.98 Å². The zero-order valence-corrected chi connectivity index (χ0v) is 10.5. The van der Waals surface area contributed by atoms with Crippen LogP contribution in [-0.2, 0) is 19.5 Å². The number of nitrogens with one attached hydrogen (secondary N) is 1. The lowest BCUT2D eigenvalue weighted by atomic mass is 10.4. The molecule has 96 valence electrons. The Morgan fingerprint density at radius 1 is 1.50 bits per heavy atom. The third kappa shape index (κ3) is 2.76. The minimum atomic E-state index is 0.611. The van der Waals surface area contributed by atoms with Crippen LogP contribution >= 0.6 is 0 Å². The summed E-state index contributed by atoms with van der Waals surface area (Å²) >= 11 is 0. The van der Waals surface area contributed by atoms with Crippen molar-refractivity contribution in [2.24, 2.45) is 0 Å². The number of aryl methyl sites for hydroxylation is 1. The van der Waals surface area contributed by atoms with Crippen molar-refractivity contribution < 1.29 is 4.52 Å². The molecule has 0 unspecified atom stereocenters. The molecule has 0 amide bonds. The molecule has 0 bridgehead atoms. The van der Waals surface area contributed by atoms with E-state index in [1.54, 1.807) is 0 Å². The highest BCUT2D eigenvalue weighted by Gasteiger charge is 2.20. The van der Waals surface area contributed by atoms with Crippen molar-refractivity contribution >= 4 is 0 Å². The van der Waals surface area contributed by atoms with Crippen LogP contribution in [0.2, 0.25) is 0 Å². The molecule has 1 aliphatic rings. The van der Waals surface area contributed by atoms with Crippen molar-refractivity contribution in [3.63, 3.8) is 0 Å². The zero-order valence-electron chi connectivity index (χ0n) is 10.5.